The largest absolute Gasteiger partial charge is 0.465 e. The van der Waals surface area contributed by atoms with Crippen LogP contribution in [0.15, 0.2) is 29.6 Å². The van der Waals surface area contributed by atoms with Crippen molar-refractivity contribution in [3.8, 4) is 0 Å². The molecular formula is C14H14O3S. The Labute approximate surface area is 109 Å². The quantitative estimate of drug-likeness (QED) is 0.798. The van der Waals surface area contributed by atoms with Gasteiger partial charge in [-0.2, -0.15) is 0 Å². The number of hydrogen-bond donors (Lipinski definition) is 0. The minimum atomic E-state index is -0.588. The third-order valence-corrected chi connectivity index (χ3v) is 4.32. The Bertz CT molecular complexity index is 583. The fourth-order valence-electron chi connectivity index (χ4n) is 2.31. The summed E-state index contributed by atoms with van der Waals surface area (Å²) in [5, 5.41) is 3.20. The molecule has 1 aliphatic rings. The summed E-state index contributed by atoms with van der Waals surface area (Å²) in [5.74, 6) is -0.167. The highest BCUT2D eigenvalue weighted by molar-refractivity contribution is 7.17. The highest BCUT2D eigenvalue weighted by atomic mass is 32.1. The Morgan fingerprint density at radius 3 is 2.89 bits per heavy atom. The molecule has 3 nitrogen and oxygen atoms in total. The third kappa shape index (κ3) is 1.56. The molecule has 0 spiro atoms. The Balaban J connectivity index is 2.09. The predicted molar refractivity (Wildman–Crippen MR) is 71.0 cm³/mol. The second kappa shape index (κ2) is 4.37. The summed E-state index contributed by atoms with van der Waals surface area (Å²) in [6.45, 7) is 3.08. The van der Waals surface area contributed by atoms with Gasteiger partial charge in [-0.25, -0.2) is 0 Å². The van der Waals surface area contributed by atoms with Crippen molar-refractivity contribution in [3.63, 3.8) is 0 Å². The van der Waals surface area contributed by atoms with Crippen LogP contribution in [-0.4, -0.2) is 25.8 Å². The van der Waals surface area contributed by atoms with Crippen molar-refractivity contribution in [2.45, 2.75) is 12.3 Å². The Hall–Kier alpha value is -1.39. The van der Waals surface area contributed by atoms with Crippen molar-refractivity contribution in [1.82, 2.24) is 0 Å². The van der Waals surface area contributed by atoms with Crippen LogP contribution in [0.5, 0.6) is 0 Å². The molecule has 2 heterocycles. The number of benzene rings is 1. The minimum absolute atomic E-state index is 0.167. The van der Waals surface area contributed by atoms with Crippen LogP contribution in [0.25, 0.3) is 10.1 Å². The normalized spacial score (nSPS) is 17.4. The van der Waals surface area contributed by atoms with E-state index in [9.17, 15) is 4.79 Å². The zero-order valence-corrected chi connectivity index (χ0v) is 11.0. The van der Waals surface area contributed by atoms with E-state index in [0.29, 0.717) is 19.8 Å². The van der Waals surface area contributed by atoms with Gasteiger partial charge >= 0.3 is 5.97 Å². The molecule has 1 aromatic carbocycles. The predicted octanol–water partition coefficient (Wildman–Crippen LogP) is 2.73. The summed E-state index contributed by atoms with van der Waals surface area (Å²) in [6.07, 6.45) is 0. The first-order valence-electron chi connectivity index (χ1n) is 5.99. The number of fused-ring (bicyclic) bond motifs is 1. The Morgan fingerprint density at radius 2 is 2.22 bits per heavy atom. The molecule has 1 saturated heterocycles. The number of carbonyl (C=O) groups is 1. The zero-order valence-electron chi connectivity index (χ0n) is 10.1. The average Bonchev–Trinajstić information content (AvgIpc) is 2.73. The molecule has 0 radical (unpaired) electrons. The van der Waals surface area contributed by atoms with Crippen molar-refractivity contribution in [3.05, 3.63) is 35.2 Å². The van der Waals surface area contributed by atoms with Crippen LogP contribution >= 0.6 is 11.3 Å². The van der Waals surface area contributed by atoms with Gasteiger partial charge in [0.15, 0.2) is 0 Å². The topological polar surface area (TPSA) is 35.5 Å². The van der Waals surface area contributed by atoms with Gasteiger partial charge in [-0.15, -0.1) is 11.3 Å². The van der Waals surface area contributed by atoms with Gasteiger partial charge in [-0.05, 0) is 29.3 Å². The van der Waals surface area contributed by atoms with Crippen molar-refractivity contribution in [1.29, 1.82) is 0 Å². The van der Waals surface area contributed by atoms with Crippen LogP contribution in [0, 0.1) is 0 Å². The molecule has 0 saturated carbocycles. The van der Waals surface area contributed by atoms with E-state index in [-0.39, 0.29) is 5.97 Å². The van der Waals surface area contributed by atoms with E-state index in [2.05, 4.69) is 17.5 Å². The SMILES string of the molecule is CCOC(=O)C1(c2csc3ccccc23)COC1. The van der Waals surface area contributed by atoms with Gasteiger partial charge < -0.3 is 9.47 Å². The lowest BCUT2D eigenvalue weighted by molar-refractivity contribution is -0.169. The molecule has 4 heteroatoms. The molecular weight excluding hydrogens is 248 g/mol. The van der Waals surface area contributed by atoms with Crippen molar-refractivity contribution < 1.29 is 14.3 Å². The number of thiophene rings is 1. The lowest BCUT2D eigenvalue weighted by Crippen LogP contribution is -2.53. The fourth-order valence-corrected chi connectivity index (χ4v) is 3.37. The highest BCUT2D eigenvalue weighted by Gasteiger charge is 2.50. The van der Waals surface area contributed by atoms with E-state index in [1.54, 1.807) is 11.3 Å². The fraction of sp³-hybridized carbons (Fsp3) is 0.357. The minimum Gasteiger partial charge on any atom is -0.465 e. The van der Waals surface area contributed by atoms with Crippen LogP contribution in [-0.2, 0) is 19.7 Å². The zero-order chi connectivity index (χ0) is 12.6. The van der Waals surface area contributed by atoms with E-state index >= 15 is 0 Å². The number of esters is 1. The molecule has 0 atom stereocenters. The van der Waals surface area contributed by atoms with Gasteiger partial charge in [0, 0.05) is 4.70 Å². The Morgan fingerprint density at radius 1 is 1.44 bits per heavy atom. The molecule has 18 heavy (non-hydrogen) atoms. The molecule has 0 unspecified atom stereocenters. The number of hydrogen-bond acceptors (Lipinski definition) is 4. The summed E-state index contributed by atoms with van der Waals surface area (Å²) in [5.41, 5.74) is 0.461. The van der Waals surface area contributed by atoms with Crippen molar-refractivity contribution in [2.75, 3.05) is 19.8 Å². The van der Waals surface area contributed by atoms with E-state index in [4.69, 9.17) is 9.47 Å². The summed E-state index contributed by atoms with van der Waals surface area (Å²) < 4.78 is 11.7. The molecule has 0 aliphatic carbocycles. The maximum absolute atomic E-state index is 12.2. The summed E-state index contributed by atoms with van der Waals surface area (Å²) in [4.78, 5) is 12.2. The molecule has 1 aliphatic heterocycles. The molecule has 94 valence electrons. The molecule has 0 N–H and O–H groups in total. The van der Waals surface area contributed by atoms with E-state index in [1.807, 2.05) is 19.1 Å². The monoisotopic (exact) mass is 262 g/mol. The Kier molecular flexibility index (Phi) is 2.84. The van der Waals surface area contributed by atoms with E-state index < -0.39 is 5.41 Å². The lowest BCUT2D eigenvalue weighted by atomic mass is 9.78. The van der Waals surface area contributed by atoms with Crippen LogP contribution < -0.4 is 0 Å². The first-order chi connectivity index (χ1) is 8.78. The van der Waals surface area contributed by atoms with Gasteiger partial charge in [-0.1, -0.05) is 18.2 Å². The molecule has 3 rings (SSSR count). The summed E-state index contributed by atoms with van der Waals surface area (Å²) >= 11 is 1.66. The summed E-state index contributed by atoms with van der Waals surface area (Å²) in [7, 11) is 0. The smallest absolute Gasteiger partial charge is 0.321 e. The number of rotatable bonds is 3. The molecule has 0 bridgehead atoms. The molecule has 1 aromatic heterocycles. The second-order valence-corrected chi connectivity index (χ2v) is 5.35. The van der Waals surface area contributed by atoms with Gasteiger partial charge in [0.1, 0.15) is 5.41 Å². The van der Waals surface area contributed by atoms with Gasteiger partial charge in [-0.3, -0.25) is 4.79 Å². The van der Waals surface area contributed by atoms with Gasteiger partial charge in [0.2, 0.25) is 0 Å². The second-order valence-electron chi connectivity index (χ2n) is 4.44. The lowest BCUT2D eigenvalue weighted by Gasteiger charge is -2.38. The van der Waals surface area contributed by atoms with E-state index in [0.717, 1.165) is 10.9 Å². The van der Waals surface area contributed by atoms with Crippen LogP contribution in [0.3, 0.4) is 0 Å². The average molecular weight is 262 g/mol. The van der Waals surface area contributed by atoms with Gasteiger partial charge in [0.05, 0.1) is 19.8 Å². The molecule has 0 amide bonds. The van der Waals surface area contributed by atoms with Crippen LogP contribution in [0.2, 0.25) is 0 Å². The number of ether oxygens (including phenoxy) is 2. The van der Waals surface area contributed by atoms with Crippen LogP contribution in [0.1, 0.15) is 12.5 Å². The van der Waals surface area contributed by atoms with Crippen molar-refractivity contribution in [2.24, 2.45) is 0 Å². The third-order valence-electron chi connectivity index (χ3n) is 3.36. The summed E-state index contributed by atoms with van der Waals surface area (Å²) in [6, 6.07) is 8.14. The molecule has 2 aromatic rings. The van der Waals surface area contributed by atoms with Crippen LogP contribution in [0.4, 0.5) is 0 Å². The standard InChI is InChI=1S/C14H14O3S/c1-2-17-13(15)14(8-16-9-14)11-7-18-12-6-4-3-5-10(11)12/h3-7H,2,8-9H2,1H3. The first-order valence-corrected chi connectivity index (χ1v) is 6.87. The van der Waals surface area contributed by atoms with Crippen molar-refractivity contribution >= 4 is 27.4 Å². The number of carbonyl (C=O) groups excluding carboxylic acids is 1. The first kappa shape index (κ1) is 11.7. The maximum Gasteiger partial charge on any atom is 0.321 e. The molecule has 1 fully saturated rings. The maximum atomic E-state index is 12.2. The van der Waals surface area contributed by atoms with Gasteiger partial charge in [0.25, 0.3) is 0 Å². The highest BCUT2D eigenvalue weighted by Crippen LogP contribution is 2.40. The van der Waals surface area contributed by atoms with E-state index in [1.165, 1.54) is 4.70 Å².